The molecule has 1 amide bonds. The molecule has 1 saturated heterocycles. The number of nitrogens with zero attached hydrogens (tertiary/aromatic N) is 1. The molecule has 0 N–H and O–H groups in total. The Hall–Kier alpha value is -1.62. The van der Waals surface area contributed by atoms with Crippen molar-refractivity contribution in [1.82, 2.24) is 4.31 Å². The zero-order valence-electron chi connectivity index (χ0n) is 13.4. The maximum absolute atomic E-state index is 12.8. The standard InChI is InChI=1S/C18H19NO3SSe/c1-14-9-11-15(12-10-14)23(21,22)19-13-5-8-17(18(19)20)24-16-6-3-2-4-7-16/h2-4,6-7,9-12,17H,5,8,13H2,1H3. The van der Waals surface area contributed by atoms with Crippen LogP contribution in [0.4, 0.5) is 0 Å². The molecule has 1 unspecified atom stereocenters. The van der Waals surface area contributed by atoms with Gasteiger partial charge < -0.3 is 0 Å². The molecular weight excluding hydrogens is 389 g/mol. The van der Waals surface area contributed by atoms with Gasteiger partial charge in [-0.3, -0.25) is 0 Å². The monoisotopic (exact) mass is 409 g/mol. The molecule has 0 bridgehead atoms. The van der Waals surface area contributed by atoms with Gasteiger partial charge in [-0.2, -0.15) is 0 Å². The van der Waals surface area contributed by atoms with Crippen LogP contribution in [-0.2, 0) is 14.8 Å². The van der Waals surface area contributed by atoms with Crippen LogP contribution in [0.25, 0.3) is 0 Å². The van der Waals surface area contributed by atoms with Gasteiger partial charge in [-0.25, -0.2) is 0 Å². The van der Waals surface area contributed by atoms with Crippen molar-refractivity contribution < 1.29 is 13.2 Å². The number of aryl methyl sites for hydroxylation is 1. The molecular formula is C18H19NO3SSe. The van der Waals surface area contributed by atoms with Crippen LogP contribution in [0.2, 0.25) is 4.82 Å². The molecule has 2 aromatic carbocycles. The van der Waals surface area contributed by atoms with Gasteiger partial charge in [0, 0.05) is 0 Å². The van der Waals surface area contributed by atoms with Crippen molar-refractivity contribution in [1.29, 1.82) is 0 Å². The molecule has 1 aliphatic heterocycles. The van der Waals surface area contributed by atoms with Gasteiger partial charge in [0.2, 0.25) is 0 Å². The number of hydrogen-bond acceptors (Lipinski definition) is 3. The molecule has 3 rings (SSSR count). The van der Waals surface area contributed by atoms with Gasteiger partial charge in [0.1, 0.15) is 0 Å². The van der Waals surface area contributed by atoms with E-state index >= 15 is 0 Å². The van der Waals surface area contributed by atoms with Gasteiger partial charge in [0.15, 0.2) is 0 Å². The molecule has 1 aliphatic rings. The summed E-state index contributed by atoms with van der Waals surface area (Å²) in [6, 6.07) is 16.5. The van der Waals surface area contributed by atoms with Crippen LogP contribution < -0.4 is 4.46 Å². The van der Waals surface area contributed by atoms with E-state index in [0.717, 1.165) is 27.2 Å². The molecule has 0 radical (unpaired) electrons. The molecule has 24 heavy (non-hydrogen) atoms. The van der Waals surface area contributed by atoms with Crippen molar-refractivity contribution in [2.24, 2.45) is 0 Å². The Morgan fingerprint density at radius 2 is 1.71 bits per heavy atom. The van der Waals surface area contributed by atoms with E-state index in [1.54, 1.807) is 24.3 Å². The Kier molecular flexibility index (Phi) is 5.09. The second-order valence-corrected chi connectivity index (χ2v) is 10.3. The molecule has 4 nitrogen and oxygen atoms in total. The fourth-order valence-corrected chi connectivity index (χ4v) is 6.71. The quantitative estimate of drug-likeness (QED) is 0.729. The number of rotatable bonds is 4. The molecule has 1 heterocycles. The number of piperidine rings is 1. The van der Waals surface area contributed by atoms with Crippen molar-refractivity contribution >= 4 is 35.3 Å². The van der Waals surface area contributed by atoms with E-state index in [1.807, 2.05) is 37.3 Å². The summed E-state index contributed by atoms with van der Waals surface area (Å²) in [5, 5.41) is 0. The normalized spacial score (nSPS) is 18.6. The Morgan fingerprint density at radius 3 is 2.38 bits per heavy atom. The second kappa shape index (κ2) is 7.09. The van der Waals surface area contributed by atoms with Crippen molar-refractivity contribution in [3.63, 3.8) is 0 Å². The van der Waals surface area contributed by atoms with Crippen molar-refractivity contribution in [2.45, 2.75) is 29.5 Å². The molecule has 0 aromatic heterocycles. The summed E-state index contributed by atoms with van der Waals surface area (Å²) in [6.45, 7) is 2.18. The minimum atomic E-state index is -3.76. The Labute approximate surface area is 149 Å². The molecule has 6 heteroatoms. The molecule has 1 atom stereocenters. The van der Waals surface area contributed by atoms with E-state index < -0.39 is 10.0 Å². The SMILES string of the molecule is Cc1ccc(S(=O)(=O)N2CCCC([Se]c3ccccc3)C2=O)cc1. The summed E-state index contributed by atoms with van der Waals surface area (Å²) in [7, 11) is -3.76. The molecule has 1 fully saturated rings. The summed E-state index contributed by atoms with van der Waals surface area (Å²) >= 11 is -0.0557. The summed E-state index contributed by atoms with van der Waals surface area (Å²) in [6.07, 6.45) is 1.48. The molecule has 126 valence electrons. The van der Waals surface area contributed by atoms with E-state index in [0.29, 0.717) is 0 Å². The first-order valence-corrected chi connectivity index (χ1v) is 11.1. The van der Waals surface area contributed by atoms with Gasteiger partial charge in [-0.15, -0.1) is 0 Å². The zero-order valence-corrected chi connectivity index (χ0v) is 15.9. The Balaban J connectivity index is 1.83. The van der Waals surface area contributed by atoms with Crippen LogP contribution in [0.5, 0.6) is 0 Å². The summed E-state index contributed by atoms with van der Waals surface area (Å²) < 4.78 is 27.8. The Morgan fingerprint density at radius 1 is 1.04 bits per heavy atom. The number of hydrogen-bond donors (Lipinski definition) is 0. The van der Waals surface area contributed by atoms with Crippen LogP contribution in [0.15, 0.2) is 59.5 Å². The topological polar surface area (TPSA) is 54.5 Å². The maximum atomic E-state index is 12.8. The van der Waals surface area contributed by atoms with Gasteiger partial charge >= 0.3 is 149 Å². The van der Waals surface area contributed by atoms with E-state index in [2.05, 4.69) is 0 Å². The predicted octanol–water partition coefficient (Wildman–Crippen LogP) is 2.12. The van der Waals surface area contributed by atoms with Crippen molar-refractivity contribution in [2.75, 3.05) is 6.54 Å². The molecule has 0 aliphatic carbocycles. The summed E-state index contributed by atoms with van der Waals surface area (Å²) in [5.41, 5.74) is 0.990. The van der Waals surface area contributed by atoms with Crippen LogP contribution in [0.3, 0.4) is 0 Å². The summed E-state index contributed by atoms with van der Waals surface area (Å²) in [5.74, 6) is -0.259. The van der Waals surface area contributed by atoms with Crippen molar-refractivity contribution in [3.05, 3.63) is 60.2 Å². The second-order valence-electron chi connectivity index (χ2n) is 5.79. The number of carbonyl (C=O) groups is 1. The molecule has 2 aromatic rings. The number of benzene rings is 2. The minimum absolute atomic E-state index is 0.0557. The molecule has 0 saturated carbocycles. The third-order valence-corrected chi connectivity index (χ3v) is 8.45. The number of amides is 1. The fraction of sp³-hybridized carbons (Fsp3) is 0.278. The Bertz CT molecular complexity index is 819. The van der Waals surface area contributed by atoms with E-state index in [-0.39, 0.29) is 37.1 Å². The van der Waals surface area contributed by atoms with E-state index in [4.69, 9.17) is 0 Å². The fourth-order valence-electron chi connectivity index (χ4n) is 2.66. The number of sulfonamides is 1. The average Bonchev–Trinajstić information content (AvgIpc) is 2.58. The van der Waals surface area contributed by atoms with Crippen LogP contribution in [0, 0.1) is 6.92 Å². The van der Waals surface area contributed by atoms with E-state index in [9.17, 15) is 13.2 Å². The first-order valence-electron chi connectivity index (χ1n) is 7.83. The zero-order chi connectivity index (χ0) is 17.2. The van der Waals surface area contributed by atoms with Crippen LogP contribution in [-0.4, -0.2) is 40.1 Å². The van der Waals surface area contributed by atoms with Gasteiger partial charge in [-0.05, 0) is 0 Å². The number of carbonyl (C=O) groups excluding carboxylic acids is 1. The first kappa shape index (κ1) is 17.2. The third kappa shape index (κ3) is 3.56. The van der Waals surface area contributed by atoms with Crippen molar-refractivity contribution in [3.8, 4) is 0 Å². The first-order chi connectivity index (χ1) is 11.5. The third-order valence-electron chi connectivity index (χ3n) is 3.98. The average molecular weight is 408 g/mol. The van der Waals surface area contributed by atoms with E-state index in [1.165, 1.54) is 0 Å². The van der Waals surface area contributed by atoms with Gasteiger partial charge in [0.05, 0.1) is 0 Å². The van der Waals surface area contributed by atoms with Gasteiger partial charge in [0.25, 0.3) is 0 Å². The van der Waals surface area contributed by atoms with Crippen LogP contribution in [0.1, 0.15) is 18.4 Å². The van der Waals surface area contributed by atoms with Crippen LogP contribution >= 0.6 is 0 Å². The molecule has 0 spiro atoms. The summed E-state index contributed by atoms with van der Waals surface area (Å²) in [4.78, 5) is 12.8. The van der Waals surface area contributed by atoms with Gasteiger partial charge in [-0.1, -0.05) is 0 Å². The predicted molar refractivity (Wildman–Crippen MR) is 94.9 cm³/mol.